The van der Waals surface area contributed by atoms with E-state index in [-0.39, 0.29) is 35.2 Å². The van der Waals surface area contributed by atoms with E-state index in [4.69, 9.17) is 14.2 Å². The van der Waals surface area contributed by atoms with Gasteiger partial charge in [0.2, 0.25) is 5.75 Å². The van der Waals surface area contributed by atoms with Crippen LogP contribution >= 0.6 is 0 Å². The molecule has 3 heterocycles. The summed E-state index contributed by atoms with van der Waals surface area (Å²) in [5.74, 6) is -1.03. The number of epoxide rings is 3. The molecule has 0 bridgehead atoms. The largest absolute Gasteiger partial charge is 0.504 e. The number of phenolic OH excluding ortho intramolecular Hbond substituents is 3. The van der Waals surface area contributed by atoms with Gasteiger partial charge in [0.1, 0.15) is 0 Å². The van der Waals surface area contributed by atoms with E-state index in [0.717, 1.165) is 39.1 Å². The lowest BCUT2D eigenvalue weighted by molar-refractivity contribution is 0.226. The summed E-state index contributed by atoms with van der Waals surface area (Å²) < 4.78 is 16.2. The topological polar surface area (TPSA) is 98.3 Å². The lowest BCUT2D eigenvalue weighted by Crippen LogP contribution is -2.32. The van der Waals surface area contributed by atoms with Gasteiger partial charge in [-0.05, 0) is 25.3 Å². The van der Waals surface area contributed by atoms with Crippen molar-refractivity contribution in [2.24, 2.45) is 0 Å². The van der Waals surface area contributed by atoms with Crippen molar-refractivity contribution in [3.63, 3.8) is 0 Å². The van der Waals surface area contributed by atoms with E-state index in [1.807, 2.05) is 0 Å². The van der Waals surface area contributed by atoms with E-state index in [2.05, 4.69) is 0 Å². The molecule has 22 heavy (non-hydrogen) atoms. The van der Waals surface area contributed by atoms with E-state index in [0.29, 0.717) is 5.56 Å². The Morgan fingerprint density at radius 2 is 1.27 bits per heavy atom. The third kappa shape index (κ3) is 2.74. The number of phenols is 3. The van der Waals surface area contributed by atoms with Crippen LogP contribution in [0.25, 0.3) is 0 Å². The molecule has 3 saturated heterocycles. The van der Waals surface area contributed by atoms with Crippen LogP contribution in [0.1, 0.15) is 24.8 Å². The molecule has 3 fully saturated rings. The second-order valence-corrected chi connectivity index (χ2v) is 6.59. The van der Waals surface area contributed by atoms with Crippen molar-refractivity contribution in [2.45, 2.75) is 43.0 Å². The smallest absolute Gasteiger partial charge is 0.200 e. The molecule has 1 aromatic rings. The van der Waals surface area contributed by atoms with Crippen molar-refractivity contribution in [1.29, 1.82) is 0 Å². The van der Waals surface area contributed by atoms with Gasteiger partial charge < -0.3 is 29.5 Å². The molecule has 0 radical (unpaired) electrons. The molecular weight excluding hydrogens is 288 g/mol. The zero-order valence-corrected chi connectivity index (χ0v) is 12.2. The van der Waals surface area contributed by atoms with Gasteiger partial charge in [0, 0.05) is 11.0 Å². The van der Waals surface area contributed by atoms with Gasteiger partial charge in [-0.25, -0.2) is 0 Å². The van der Waals surface area contributed by atoms with Crippen molar-refractivity contribution in [1.82, 2.24) is 0 Å². The van der Waals surface area contributed by atoms with Gasteiger partial charge >= 0.3 is 0 Å². The van der Waals surface area contributed by atoms with Gasteiger partial charge in [0.15, 0.2) is 11.5 Å². The molecule has 4 rings (SSSR count). The molecule has 1 aromatic carbocycles. The molecule has 0 aromatic heterocycles. The maximum absolute atomic E-state index is 10.4. The predicted octanol–water partition coefficient (Wildman–Crippen LogP) is 1.41. The third-order valence-electron chi connectivity index (χ3n) is 4.76. The highest BCUT2D eigenvalue weighted by Crippen LogP contribution is 2.51. The van der Waals surface area contributed by atoms with Crippen molar-refractivity contribution in [2.75, 3.05) is 19.8 Å². The molecule has 0 spiro atoms. The molecule has 6 heteroatoms. The summed E-state index contributed by atoms with van der Waals surface area (Å²) >= 11 is 0. The van der Waals surface area contributed by atoms with Crippen LogP contribution in [0.4, 0.5) is 0 Å². The van der Waals surface area contributed by atoms with Crippen LogP contribution in [-0.4, -0.2) is 53.5 Å². The maximum Gasteiger partial charge on any atom is 0.200 e. The van der Waals surface area contributed by atoms with E-state index in [1.54, 1.807) is 6.07 Å². The SMILES string of the molecule is Oc1ccc(C(CC2CO2)(CC2CO2)CC2CO2)c(O)c1O. The fourth-order valence-corrected chi connectivity index (χ4v) is 3.44. The van der Waals surface area contributed by atoms with E-state index < -0.39 is 5.75 Å². The monoisotopic (exact) mass is 308 g/mol. The van der Waals surface area contributed by atoms with Crippen LogP contribution in [0.3, 0.4) is 0 Å². The van der Waals surface area contributed by atoms with E-state index in [1.165, 1.54) is 6.07 Å². The molecule has 3 aliphatic heterocycles. The summed E-state index contributed by atoms with van der Waals surface area (Å²) in [7, 11) is 0. The van der Waals surface area contributed by atoms with Crippen LogP contribution in [0.5, 0.6) is 17.2 Å². The fourth-order valence-electron chi connectivity index (χ4n) is 3.44. The predicted molar refractivity (Wildman–Crippen MR) is 76.2 cm³/mol. The van der Waals surface area contributed by atoms with Crippen molar-refractivity contribution >= 4 is 0 Å². The van der Waals surface area contributed by atoms with Crippen LogP contribution in [0, 0.1) is 0 Å². The Morgan fingerprint density at radius 3 is 1.68 bits per heavy atom. The van der Waals surface area contributed by atoms with E-state index >= 15 is 0 Å². The number of ether oxygens (including phenoxy) is 3. The van der Waals surface area contributed by atoms with Crippen molar-refractivity contribution in [3.8, 4) is 17.2 Å². The Kier molecular flexibility index (Phi) is 3.21. The number of hydrogen-bond donors (Lipinski definition) is 3. The lowest BCUT2D eigenvalue weighted by atomic mass is 9.69. The average molecular weight is 308 g/mol. The minimum atomic E-state index is -0.466. The molecule has 120 valence electrons. The summed E-state index contributed by atoms with van der Waals surface area (Å²) in [5, 5.41) is 29.9. The number of hydrogen-bond acceptors (Lipinski definition) is 6. The van der Waals surface area contributed by atoms with Crippen LogP contribution in [-0.2, 0) is 19.6 Å². The van der Waals surface area contributed by atoms with Crippen LogP contribution in [0.2, 0.25) is 0 Å². The van der Waals surface area contributed by atoms with Crippen LogP contribution in [0.15, 0.2) is 12.1 Å². The number of benzene rings is 1. The Hall–Kier alpha value is -1.50. The summed E-state index contributed by atoms with van der Waals surface area (Å²) in [6, 6.07) is 3.12. The Morgan fingerprint density at radius 1 is 0.818 bits per heavy atom. The third-order valence-corrected chi connectivity index (χ3v) is 4.76. The summed E-state index contributed by atoms with van der Waals surface area (Å²) in [4.78, 5) is 0. The van der Waals surface area contributed by atoms with Gasteiger partial charge in [-0.1, -0.05) is 6.07 Å². The average Bonchev–Trinajstić information content (AvgIpc) is 3.31. The zero-order valence-electron chi connectivity index (χ0n) is 12.2. The Balaban J connectivity index is 1.74. The van der Waals surface area contributed by atoms with Crippen molar-refractivity contribution < 1.29 is 29.5 Å². The molecule has 6 nitrogen and oxygen atoms in total. The first-order valence-electron chi connectivity index (χ1n) is 7.66. The standard InChI is InChI=1S/C16H20O6/c17-13-2-1-12(14(18)15(13)19)16(3-9-6-20-9,4-10-7-21-10)5-11-8-22-11/h1-2,9-11,17-19H,3-8H2. The number of rotatable bonds is 7. The number of aromatic hydroxyl groups is 3. The molecule has 0 aliphatic carbocycles. The molecule has 0 amide bonds. The minimum Gasteiger partial charge on any atom is -0.504 e. The summed E-state index contributed by atoms with van der Waals surface area (Å²) in [5.41, 5.74) is 0.267. The normalized spacial score (nSPS) is 31.5. The molecule has 3 aliphatic rings. The Labute approximate surface area is 128 Å². The van der Waals surface area contributed by atoms with E-state index in [9.17, 15) is 15.3 Å². The highest BCUT2D eigenvalue weighted by Gasteiger charge is 2.48. The van der Waals surface area contributed by atoms with Gasteiger partial charge in [-0.3, -0.25) is 0 Å². The summed E-state index contributed by atoms with van der Waals surface area (Å²) in [6.07, 6.45) is 2.79. The molecule has 3 unspecified atom stereocenters. The maximum atomic E-state index is 10.4. The zero-order chi connectivity index (χ0) is 15.3. The summed E-state index contributed by atoms with van der Waals surface area (Å²) in [6.45, 7) is 2.18. The van der Waals surface area contributed by atoms with Crippen molar-refractivity contribution in [3.05, 3.63) is 17.7 Å². The first-order valence-corrected chi connectivity index (χ1v) is 7.66. The van der Waals surface area contributed by atoms with Crippen LogP contribution < -0.4 is 0 Å². The van der Waals surface area contributed by atoms with Gasteiger partial charge in [-0.15, -0.1) is 0 Å². The molecule has 3 N–H and O–H groups in total. The second kappa shape index (κ2) is 5.01. The fraction of sp³-hybridized carbons (Fsp3) is 0.625. The molecular formula is C16H20O6. The first-order chi connectivity index (χ1) is 10.6. The van der Waals surface area contributed by atoms with Gasteiger partial charge in [0.25, 0.3) is 0 Å². The molecule has 0 saturated carbocycles. The second-order valence-electron chi connectivity index (χ2n) is 6.59. The quantitative estimate of drug-likeness (QED) is 0.520. The highest BCUT2D eigenvalue weighted by molar-refractivity contribution is 5.56. The Bertz CT molecular complexity index is 538. The van der Waals surface area contributed by atoms with Gasteiger partial charge in [-0.2, -0.15) is 0 Å². The minimum absolute atomic E-state index is 0.174. The highest BCUT2D eigenvalue weighted by atomic mass is 16.6. The lowest BCUT2D eigenvalue weighted by Gasteiger charge is -2.34. The first kappa shape index (κ1) is 14.1. The van der Waals surface area contributed by atoms with Gasteiger partial charge in [0.05, 0.1) is 38.1 Å². The molecule has 3 atom stereocenters.